The van der Waals surface area contributed by atoms with Crippen LogP contribution in [0.25, 0.3) is 0 Å². The zero-order chi connectivity index (χ0) is 64.2. The summed E-state index contributed by atoms with van der Waals surface area (Å²) in [4.78, 5) is 37.3. The number of hydrogen-bond donors (Lipinski definition) is 23. The monoisotopic (exact) mass is 1280 g/mol. The molecule has 0 aromatic heterocycles. The van der Waals surface area contributed by atoms with E-state index in [-0.39, 0.29) is 0 Å². The van der Waals surface area contributed by atoms with Gasteiger partial charge < -0.3 is 180 Å². The van der Waals surface area contributed by atoms with Gasteiger partial charge in [-0.3, -0.25) is 14.4 Å². The number of ether oxygens (including phenoxy) is 13. The SMILES string of the molecule is CC(=O)N[C@@H]1[C@@H](O[C@H]2[C@H](OC[C@@H]3O[C@H](O[C@H]4[C@H](O)[C@@H](NC(C)=O)[C@H](O[C@@H]5[C@@H](O)[C@H](NC(C)=O)[C@@H](O)O[C@H]5CO)O[C@@H]4CO)[C@H](O)[C@H](O[C@H]4O[C@H](CO)[C@@H](O)[C@H](O)[C@@H]4O)[C@H]3O)O[C@@H](CO)[C@H](O)[C@H]2O)O[C@@H](CO)[C@H](O[C@@H]2O[C@H](CO)[C@H](O)[C@H](O)[C@H]2O)[C@H]1O. The molecule has 7 saturated heterocycles. The molecule has 39 heteroatoms. The summed E-state index contributed by atoms with van der Waals surface area (Å²) >= 11 is 0. The summed E-state index contributed by atoms with van der Waals surface area (Å²) in [7, 11) is 0. The first-order valence-corrected chi connectivity index (χ1v) is 27.6. The normalized spacial score (nSPS) is 48.9. The average Bonchev–Trinajstić information content (AvgIpc) is 0.938. The van der Waals surface area contributed by atoms with Crippen LogP contribution in [0.2, 0.25) is 0 Å². The molecule has 0 spiro atoms. The molecule has 504 valence electrons. The number of carbonyl (C=O) groups excluding carboxylic acids is 3. The van der Waals surface area contributed by atoms with E-state index in [0.717, 1.165) is 20.8 Å². The van der Waals surface area contributed by atoms with Crippen LogP contribution in [0.1, 0.15) is 20.8 Å². The molecule has 23 N–H and O–H groups in total. The van der Waals surface area contributed by atoms with E-state index < -0.39 is 279 Å². The Balaban J connectivity index is 1.17. The van der Waals surface area contributed by atoms with Crippen molar-refractivity contribution < 1.29 is 178 Å². The maximum Gasteiger partial charge on any atom is 0.217 e. The Kier molecular flexibility index (Phi) is 25.6. The number of nitrogens with one attached hydrogen (secondary N) is 3. The highest BCUT2D eigenvalue weighted by Gasteiger charge is 2.59. The second-order valence-electron chi connectivity index (χ2n) is 21.8. The van der Waals surface area contributed by atoms with Crippen LogP contribution in [0, 0.1) is 0 Å². The summed E-state index contributed by atoms with van der Waals surface area (Å²) in [6, 6.07) is -5.18. The molecule has 0 aromatic carbocycles. The Bertz CT molecular complexity index is 2190. The van der Waals surface area contributed by atoms with Crippen LogP contribution in [0.15, 0.2) is 0 Å². The van der Waals surface area contributed by atoms with Gasteiger partial charge in [0.15, 0.2) is 44.0 Å². The molecule has 0 aromatic rings. The zero-order valence-electron chi connectivity index (χ0n) is 46.6. The van der Waals surface area contributed by atoms with Gasteiger partial charge in [0.05, 0.1) is 46.2 Å². The molecule has 7 aliphatic rings. The summed E-state index contributed by atoms with van der Waals surface area (Å²) in [6.07, 6.45) is -62.8. The fraction of sp³-hybridized carbons (Fsp3) is 0.938. The Morgan fingerprint density at radius 1 is 0.299 bits per heavy atom. The summed E-state index contributed by atoms with van der Waals surface area (Å²) < 4.78 is 75.5. The third-order valence-corrected chi connectivity index (χ3v) is 15.7. The summed E-state index contributed by atoms with van der Waals surface area (Å²) in [6.45, 7) is -4.00. The summed E-state index contributed by atoms with van der Waals surface area (Å²) in [5.74, 6) is -2.48. The van der Waals surface area contributed by atoms with Gasteiger partial charge in [0.25, 0.3) is 0 Å². The number of rotatable bonds is 22. The van der Waals surface area contributed by atoms with Crippen molar-refractivity contribution in [2.45, 2.75) is 236 Å². The van der Waals surface area contributed by atoms with Crippen molar-refractivity contribution >= 4 is 17.7 Å². The number of aliphatic hydroxyl groups excluding tert-OH is 20. The highest BCUT2D eigenvalue weighted by molar-refractivity contribution is 5.74. The molecule has 35 atom stereocenters. The molecule has 0 bridgehead atoms. The van der Waals surface area contributed by atoms with Crippen LogP contribution in [-0.2, 0) is 76.0 Å². The van der Waals surface area contributed by atoms with Gasteiger partial charge >= 0.3 is 0 Å². The standard InChI is InChI=1S/C48H81N3O36/c1-11(58)49-21-28(65)37(17(7-55)76-42(21)74)83-43-22(50-12(2)59)29(66)39(19(9-57)80-43)85-47-36(73)40(86-46-35(72)32(69)25(62)15(5-53)78-46)27(64)20(82-47)10-75-48-41(33(70)26(63)16(6-54)79-48)87-44-23(51-13(3)60)30(67)38(18(8-56)81-44)84-45-34(71)31(68)24(61)14(4-52)77-45/h14-48,52-57,61-74H,4-10H2,1-3H3,(H,49,58)(H,50,59)(H,51,60)/t14-,15-,16+,17+,18+,19-,20+,21+,22-,23+,24+,25-,26+,27+,28+,29-,30+,31+,32+,33-,34-,35+,36-,37+,38+,39-,40-,41-,42+,43+,44-,45+,46-,47-,48-/m1/s1. The number of aliphatic hydroxyl groups is 20. The Morgan fingerprint density at radius 2 is 0.609 bits per heavy atom. The molecule has 0 radical (unpaired) electrons. The molecule has 39 nitrogen and oxygen atoms in total. The summed E-state index contributed by atoms with van der Waals surface area (Å²) in [5, 5.41) is 224. The fourth-order valence-electron chi connectivity index (χ4n) is 11.1. The molecule has 7 heterocycles. The van der Waals surface area contributed by atoms with E-state index in [2.05, 4.69) is 16.0 Å². The van der Waals surface area contributed by atoms with Crippen LogP contribution in [0.3, 0.4) is 0 Å². The first-order chi connectivity index (χ1) is 41.1. The molecule has 3 amide bonds. The van der Waals surface area contributed by atoms with Gasteiger partial charge in [-0.1, -0.05) is 0 Å². The average molecular weight is 1280 g/mol. The van der Waals surface area contributed by atoms with E-state index in [4.69, 9.17) is 61.6 Å². The van der Waals surface area contributed by atoms with Crippen LogP contribution >= 0.6 is 0 Å². The van der Waals surface area contributed by atoms with Crippen LogP contribution in [0.4, 0.5) is 0 Å². The third-order valence-electron chi connectivity index (χ3n) is 15.7. The first kappa shape index (κ1) is 71.5. The van der Waals surface area contributed by atoms with Crippen molar-refractivity contribution in [2.75, 3.05) is 46.2 Å². The quantitative estimate of drug-likeness (QED) is 0.0479. The van der Waals surface area contributed by atoms with Crippen LogP contribution < -0.4 is 16.0 Å². The van der Waals surface area contributed by atoms with Crippen molar-refractivity contribution in [3.63, 3.8) is 0 Å². The highest BCUT2D eigenvalue weighted by Crippen LogP contribution is 2.37. The molecule has 7 fully saturated rings. The molecule has 0 saturated carbocycles. The van der Waals surface area contributed by atoms with E-state index >= 15 is 0 Å². The Morgan fingerprint density at radius 3 is 1.02 bits per heavy atom. The number of amides is 3. The fourth-order valence-corrected chi connectivity index (χ4v) is 11.1. The minimum Gasteiger partial charge on any atom is -0.394 e. The van der Waals surface area contributed by atoms with Crippen molar-refractivity contribution in [1.29, 1.82) is 0 Å². The predicted octanol–water partition coefficient (Wildman–Crippen LogP) is -15.8. The van der Waals surface area contributed by atoms with Gasteiger partial charge in [-0.2, -0.15) is 0 Å². The van der Waals surface area contributed by atoms with E-state index in [1.165, 1.54) is 0 Å². The van der Waals surface area contributed by atoms with E-state index in [1.807, 2.05) is 0 Å². The largest absolute Gasteiger partial charge is 0.394 e. The minimum atomic E-state index is -2.34. The van der Waals surface area contributed by atoms with Crippen molar-refractivity contribution in [1.82, 2.24) is 16.0 Å². The van der Waals surface area contributed by atoms with Crippen LogP contribution in [-0.4, -0.2) is 381 Å². The van der Waals surface area contributed by atoms with Gasteiger partial charge in [0, 0.05) is 20.8 Å². The first-order valence-electron chi connectivity index (χ1n) is 27.6. The minimum absolute atomic E-state index is 0.738. The van der Waals surface area contributed by atoms with Gasteiger partial charge in [-0.15, -0.1) is 0 Å². The molecule has 0 aliphatic carbocycles. The lowest BCUT2D eigenvalue weighted by Gasteiger charge is -2.50. The van der Waals surface area contributed by atoms with Crippen LogP contribution in [0.5, 0.6) is 0 Å². The smallest absolute Gasteiger partial charge is 0.217 e. The van der Waals surface area contributed by atoms with Crippen molar-refractivity contribution in [2.24, 2.45) is 0 Å². The number of hydrogen-bond acceptors (Lipinski definition) is 36. The van der Waals surface area contributed by atoms with E-state index in [1.54, 1.807) is 0 Å². The molecule has 87 heavy (non-hydrogen) atoms. The Hall–Kier alpha value is -2.91. The Labute approximate surface area is 492 Å². The highest BCUT2D eigenvalue weighted by atomic mass is 16.8. The van der Waals surface area contributed by atoms with Gasteiger partial charge in [0.2, 0.25) is 17.7 Å². The van der Waals surface area contributed by atoms with E-state index in [0.29, 0.717) is 0 Å². The molecule has 7 aliphatic heterocycles. The lowest BCUT2D eigenvalue weighted by molar-refractivity contribution is -0.389. The molecular formula is C48H81N3O36. The summed E-state index contributed by atoms with van der Waals surface area (Å²) in [5.41, 5.74) is 0. The van der Waals surface area contributed by atoms with Gasteiger partial charge in [-0.05, 0) is 0 Å². The van der Waals surface area contributed by atoms with Crippen molar-refractivity contribution in [3.8, 4) is 0 Å². The maximum absolute atomic E-state index is 12.7. The number of carbonyl (C=O) groups is 3. The second-order valence-corrected chi connectivity index (χ2v) is 21.8. The van der Waals surface area contributed by atoms with E-state index in [9.17, 15) is 117 Å². The zero-order valence-corrected chi connectivity index (χ0v) is 46.6. The topological polar surface area (TPSA) is 612 Å². The molecule has 7 rings (SSSR count). The molecular weight excluding hydrogens is 1190 g/mol. The van der Waals surface area contributed by atoms with Gasteiger partial charge in [0.1, 0.15) is 171 Å². The van der Waals surface area contributed by atoms with Crippen molar-refractivity contribution in [3.05, 3.63) is 0 Å². The lowest BCUT2D eigenvalue weighted by atomic mass is 9.94. The second kappa shape index (κ2) is 31.1. The third kappa shape index (κ3) is 15.8. The predicted molar refractivity (Wildman–Crippen MR) is 267 cm³/mol. The van der Waals surface area contributed by atoms with Gasteiger partial charge in [-0.25, -0.2) is 0 Å². The maximum atomic E-state index is 12.7. The molecule has 0 unspecified atom stereocenters. The lowest BCUT2D eigenvalue weighted by Crippen LogP contribution is -2.70.